The number of aliphatic hydroxyl groups is 1. The molecule has 1 atom stereocenters. The second-order valence-electron chi connectivity index (χ2n) is 6.83. The van der Waals surface area contributed by atoms with E-state index < -0.39 is 11.9 Å². The standard InChI is InChI=1S/C22H20Cl2N2O4/c1-26(15-8-6-14(7-9-15)22(29)30)19-10-5-13(12-27)11-18(19)25-21(28)20-16(23)3-2-4-17(20)24/h2-10,13,27H,11-12H2,1H3,(H,25,28)(H,29,30). The number of rotatable bonds is 6. The van der Waals surface area contributed by atoms with Gasteiger partial charge in [0, 0.05) is 31.0 Å². The van der Waals surface area contributed by atoms with Crippen LogP contribution in [0.25, 0.3) is 0 Å². The fourth-order valence-electron chi connectivity index (χ4n) is 3.20. The number of carboxylic acids is 1. The summed E-state index contributed by atoms with van der Waals surface area (Å²) in [5.74, 6) is -1.59. The smallest absolute Gasteiger partial charge is 0.335 e. The molecule has 2 aromatic carbocycles. The second kappa shape index (κ2) is 9.34. The molecule has 8 heteroatoms. The summed E-state index contributed by atoms with van der Waals surface area (Å²) in [6.07, 6.45) is 4.10. The van der Waals surface area contributed by atoms with Crippen molar-refractivity contribution < 1.29 is 19.8 Å². The molecule has 156 valence electrons. The number of aromatic carboxylic acids is 1. The second-order valence-corrected chi connectivity index (χ2v) is 7.65. The van der Waals surface area contributed by atoms with Gasteiger partial charge in [0.15, 0.2) is 0 Å². The summed E-state index contributed by atoms with van der Waals surface area (Å²) in [5.41, 5.74) is 2.41. The average molecular weight is 447 g/mol. The molecule has 1 unspecified atom stereocenters. The van der Waals surface area contributed by atoms with Crippen molar-refractivity contribution in [3.63, 3.8) is 0 Å². The number of anilines is 1. The first kappa shape index (κ1) is 21.9. The maximum Gasteiger partial charge on any atom is 0.335 e. The molecule has 0 spiro atoms. The minimum Gasteiger partial charge on any atom is -0.478 e. The lowest BCUT2D eigenvalue weighted by atomic mass is 9.96. The number of hydrogen-bond acceptors (Lipinski definition) is 4. The highest BCUT2D eigenvalue weighted by molar-refractivity contribution is 6.39. The van der Waals surface area contributed by atoms with E-state index in [0.29, 0.717) is 17.8 Å². The van der Waals surface area contributed by atoms with Crippen molar-refractivity contribution in [3.05, 3.63) is 87.2 Å². The van der Waals surface area contributed by atoms with E-state index in [1.807, 2.05) is 24.1 Å². The summed E-state index contributed by atoms with van der Waals surface area (Å²) in [6, 6.07) is 11.2. The van der Waals surface area contributed by atoms with Crippen LogP contribution in [0.15, 0.2) is 66.0 Å². The number of nitrogens with one attached hydrogen (secondary N) is 1. The highest BCUT2D eigenvalue weighted by Gasteiger charge is 2.23. The Hall–Kier alpha value is -2.80. The van der Waals surface area contributed by atoms with E-state index in [0.717, 1.165) is 5.69 Å². The molecule has 0 saturated heterocycles. The molecule has 1 amide bonds. The van der Waals surface area contributed by atoms with Crippen LogP contribution in [-0.4, -0.2) is 35.7 Å². The number of carbonyl (C=O) groups excluding carboxylic acids is 1. The van der Waals surface area contributed by atoms with Gasteiger partial charge >= 0.3 is 5.97 Å². The normalized spacial score (nSPS) is 15.8. The van der Waals surface area contributed by atoms with Gasteiger partial charge in [0.05, 0.1) is 26.9 Å². The fourth-order valence-corrected chi connectivity index (χ4v) is 3.77. The molecule has 6 nitrogen and oxygen atoms in total. The monoisotopic (exact) mass is 446 g/mol. The lowest BCUT2D eigenvalue weighted by molar-refractivity contribution is 0.0696. The number of hydrogen-bond donors (Lipinski definition) is 3. The predicted molar refractivity (Wildman–Crippen MR) is 117 cm³/mol. The summed E-state index contributed by atoms with van der Waals surface area (Å²) in [4.78, 5) is 25.8. The molecule has 3 N–H and O–H groups in total. The topological polar surface area (TPSA) is 89.9 Å². The van der Waals surface area contributed by atoms with Crippen LogP contribution in [0.5, 0.6) is 0 Å². The van der Waals surface area contributed by atoms with Crippen LogP contribution >= 0.6 is 23.2 Å². The maximum absolute atomic E-state index is 12.9. The lowest BCUT2D eigenvalue weighted by Crippen LogP contribution is -2.31. The van der Waals surface area contributed by atoms with Gasteiger partial charge in [0.25, 0.3) is 5.91 Å². The summed E-state index contributed by atoms with van der Waals surface area (Å²) < 4.78 is 0. The molecule has 3 rings (SSSR count). The van der Waals surface area contributed by atoms with Gasteiger partial charge in [-0.3, -0.25) is 4.79 Å². The molecule has 0 aromatic heterocycles. The number of allylic oxidation sites excluding steroid dienone is 2. The van der Waals surface area contributed by atoms with Crippen LogP contribution in [0.2, 0.25) is 10.0 Å². The van der Waals surface area contributed by atoms with Crippen molar-refractivity contribution in [2.45, 2.75) is 6.42 Å². The summed E-state index contributed by atoms with van der Waals surface area (Å²) in [7, 11) is 1.81. The van der Waals surface area contributed by atoms with E-state index in [4.69, 9.17) is 28.3 Å². The van der Waals surface area contributed by atoms with Crippen LogP contribution in [0.1, 0.15) is 27.1 Å². The van der Waals surface area contributed by atoms with Gasteiger partial charge < -0.3 is 20.4 Å². The zero-order valence-electron chi connectivity index (χ0n) is 16.1. The summed E-state index contributed by atoms with van der Waals surface area (Å²) >= 11 is 12.3. The number of carbonyl (C=O) groups is 2. The van der Waals surface area contributed by atoms with Crippen molar-refractivity contribution >= 4 is 40.8 Å². The van der Waals surface area contributed by atoms with Gasteiger partial charge in [-0.05, 0) is 48.9 Å². The van der Waals surface area contributed by atoms with Gasteiger partial charge in [0.1, 0.15) is 0 Å². The maximum atomic E-state index is 12.9. The highest BCUT2D eigenvalue weighted by atomic mass is 35.5. The van der Waals surface area contributed by atoms with Crippen molar-refractivity contribution in [2.75, 3.05) is 18.6 Å². The Balaban J connectivity index is 1.95. The average Bonchev–Trinajstić information content (AvgIpc) is 2.73. The Morgan fingerprint density at radius 3 is 2.33 bits per heavy atom. The van der Waals surface area contributed by atoms with Gasteiger partial charge in [-0.15, -0.1) is 0 Å². The molecule has 0 heterocycles. The first-order chi connectivity index (χ1) is 14.3. The third-order valence-corrected chi connectivity index (χ3v) is 5.48. The minimum atomic E-state index is -1.00. The van der Waals surface area contributed by atoms with Crippen LogP contribution < -0.4 is 10.2 Å². The van der Waals surface area contributed by atoms with Crippen LogP contribution in [0.4, 0.5) is 5.69 Å². The van der Waals surface area contributed by atoms with E-state index in [9.17, 15) is 14.7 Å². The molecule has 0 fully saturated rings. The Morgan fingerprint density at radius 1 is 1.13 bits per heavy atom. The Bertz CT molecular complexity index is 1010. The first-order valence-corrected chi connectivity index (χ1v) is 9.92. The number of likely N-dealkylation sites (N-methyl/N-ethyl adjacent to an activating group) is 1. The van der Waals surface area contributed by atoms with E-state index in [1.54, 1.807) is 30.3 Å². The predicted octanol–water partition coefficient (Wildman–Crippen LogP) is 4.34. The molecule has 0 radical (unpaired) electrons. The molecule has 1 aliphatic carbocycles. The van der Waals surface area contributed by atoms with Crippen molar-refractivity contribution in [1.29, 1.82) is 0 Å². The molecule has 1 aliphatic rings. The Labute approximate surface area is 184 Å². The van der Waals surface area contributed by atoms with Crippen molar-refractivity contribution in [2.24, 2.45) is 5.92 Å². The fraction of sp³-hybridized carbons (Fsp3) is 0.182. The Kier molecular flexibility index (Phi) is 6.82. The van der Waals surface area contributed by atoms with E-state index in [1.165, 1.54) is 12.1 Å². The zero-order valence-corrected chi connectivity index (χ0v) is 17.6. The van der Waals surface area contributed by atoms with Crippen molar-refractivity contribution in [1.82, 2.24) is 5.32 Å². The number of halogens is 2. The van der Waals surface area contributed by atoms with Crippen LogP contribution in [0.3, 0.4) is 0 Å². The molecular formula is C22H20Cl2N2O4. The van der Waals surface area contributed by atoms with E-state index in [-0.39, 0.29) is 33.7 Å². The third-order valence-electron chi connectivity index (χ3n) is 4.85. The summed E-state index contributed by atoms with van der Waals surface area (Å²) in [5, 5.41) is 22.0. The number of carboxylic acid groups (broad SMARTS) is 1. The van der Waals surface area contributed by atoms with E-state index in [2.05, 4.69) is 5.32 Å². The third kappa shape index (κ3) is 4.67. The molecule has 30 heavy (non-hydrogen) atoms. The molecule has 0 saturated carbocycles. The molecular weight excluding hydrogens is 427 g/mol. The first-order valence-electron chi connectivity index (χ1n) is 9.16. The number of nitrogens with zero attached hydrogens (tertiary/aromatic N) is 1. The summed E-state index contributed by atoms with van der Waals surface area (Å²) in [6.45, 7) is -0.0625. The van der Waals surface area contributed by atoms with Gasteiger partial charge in [-0.1, -0.05) is 35.3 Å². The number of aliphatic hydroxyl groups excluding tert-OH is 1. The van der Waals surface area contributed by atoms with Gasteiger partial charge in [-0.25, -0.2) is 4.79 Å². The number of benzene rings is 2. The number of amides is 1. The van der Waals surface area contributed by atoms with E-state index >= 15 is 0 Å². The molecule has 2 aromatic rings. The zero-order chi connectivity index (χ0) is 21.8. The highest BCUT2D eigenvalue weighted by Crippen LogP contribution is 2.29. The largest absolute Gasteiger partial charge is 0.478 e. The minimum absolute atomic E-state index is 0.0625. The Morgan fingerprint density at radius 2 is 1.77 bits per heavy atom. The van der Waals surface area contributed by atoms with Crippen molar-refractivity contribution in [3.8, 4) is 0 Å². The lowest BCUT2D eigenvalue weighted by Gasteiger charge is -2.29. The quantitative estimate of drug-likeness (QED) is 0.613. The molecule has 0 bridgehead atoms. The van der Waals surface area contributed by atoms with Crippen LogP contribution in [-0.2, 0) is 0 Å². The van der Waals surface area contributed by atoms with Gasteiger partial charge in [0.2, 0.25) is 0 Å². The SMILES string of the molecule is CN(C1=C(NC(=O)c2c(Cl)cccc2Cl)CC(CO)C=C1)c1ccc(C(=O)O)cc1. The molecule has 0 aliphatic heterocycles. The van der Waals surface area contributed by atoms with Crippen LogP contribution in [0, 0.1) is 5.92 Å². The van der Waals surface area contributed by atoms with Gasteiger partial charge in [-0.2, -0.15) is 0 Å².